The Morgan fingerprint density at radius 1 is 0.905 bits per heavy atom. The standard InChI is InChI=1S/C33H36FN3O5/c1-41-29-16-13-22(19-30(29)42-2)17-18-35-31(38)24-14-11-23(12-15-24)20-37-32(39)26-8-4-6-10-28(26)36(33(37)40)21-25-7-3-5-9-27(25)34/h3,5,7,9,11-16,19,26,28H,4,6,8,10,17-18,20-21H2,1-2H3,(H,35,38). The van der Waals surface area contributed by atoms with Crippen LogP contribution in [0.2, 0.25) is 0 Å². The van der Waals surface area contributed by atoms with Gasteiger partial charge in [0.1, 0.15) is 5.82 Å². The fraction of sp³-hybridized carbons (Fsp3) is 0.364. The molecule has 1 saturated heterocycles. The second-order valence-electron chi connectivity index (χ2n) is 10.8. The first-order valence-corrected chi connectivity index (χ1v) is 14.3. The second kappa shape index (κ2) is 13.1. The van der Waals surface area contributed by atoms with Gasteiger partial charge in [-0.2, -0.15) is 0 Å². The minimum absolute atomic E-state index is 0.0931. The summed E-state index contributed by atoms with van der Waals surface area (Å²) in [6.07, 6.45) is 3.93. The number of urea groups is 1. The lowest BCUT2D eigenvalue weighted by atomic mass is 9.81. The first-order chi connectivity index (χ1) is 20.4. The topological polar surface area (TPSA) is 88.2 Å². The van der Waals surface area contributed by atoms with Crippen molar-refractivity contribution >= 4 is 17.8 Å². The van der Waals surface area contributed by atoms with Gasteiger partial charge in [0.25, 0.3) is 5.91 Å². The molecule has 0 bridgehead atoms. The molecule has 3 aromatic carbocycles. The summed E-state index contributed by atoms with van der Waals surface area (Å²) in [5.41, 5.74) is 2.66. The second-order valence-corrected chi connectivity index (χ2v) is 10.8. The summed E-state index contributed by atoms with van der Waals surface area (Å²) in [6, 6.07) is 18.4. The number of carbonyl (C=O) groups excluding carboxylic acids is 3. The van der Waals surface area contributed by atoms with E-state index >= 15 is 0 Å². The van der Waals surface area contributed by atoms with Gasteiger partial charge in [0.2, 0.25) is 5.91 Å². The van der Waals surface area contributed by atoms with Crippen molar-refractivity contribution in [3.8, 4) is 11.5 Å². The molecule has 0 radical (unpaired) electrons. The minimum Gasteiger partial charge on any atom is -0.493 e. The normalized spacial score (nSPS) is 18.5. The largest absolute Gasteiger partial charge is 0.493 e. The summed E-state index contributed by atoms with van der Waals surface area (Å²) in [6.45, 7) is 0.655. The molecule has 3 aromatic rings. The molecule has 2 aliphatic rings. The van der Waals surface area contributed by atoms with Gasteiger partial charge >= 0.3 is 6.03 Å². The van der Waals surface area contributed by atoms with Gasteiger partial charge < -0.3 is 19.7 Å². The molecule has 1 heterocycles. The molecule has 1 saturated carbocycles. The monoisotopic (exact) mass is 573 g/mol. The third kappa shape index (κ3) is 6.25. The molecule has 0 aromatic heterocycles. The maximum Gasteiger partial charge on any atom is 0.327 e. The van der Waals surface area contributed by atoms with Crippen LogP contribution in [0.15, 0.2) is 66.7 Å². The van der Waals surface area contributed by atoms with E-state index in [1.165, 1.54) is 11.0 Å². The van der Waals surface area contributed by atoms with Crippen LogP contribution in [0.25, 0.3) is 0 Å². The van der Waals surface area contributed by atoms with Crippen LogP contribution < -0.4 is 14.8 Å². The summed E-state index contributed by atoms with van der Waals surface area (Å²) in [7, 11) is 3.17. The summed E-state index contributed by atoms with van der Waals surface area (Å²) in [4.78, 5) is 42.8. The fourth-order valence-electron chi connectivity index (χ4n) is 5.91. The van der Waals surface area contributed by atoms with Crippen LogP contribution in [0.1, 0.15) is 52.7 Å². The van der Waals surface area contributed by atoms with Gasteiger partial charge in [-0.1, -0.05) is 49.2 Å². The Kier molecular flexibility index (Phi) is 9.05. The zero-order chi connectivity index (χ0) is 29.6. The van der Waals surface area contributed by atoms with Gasteiger partial charge in [0.05, 0.1) is 33.2 Å². The van der Waals surface area contributed by atoms with E-state index in [2.05, 4.69) is 5.32 Å². The van der Waals surface area contributed by atoms with Gasteiger partial charge in [0, 0.05) is 23.7 Å². The zero-order valence-corrected chi connectivity index (χ0v) is 24.0. The van der Waals surface area contributed by atoms with E-state index in [0.717, 1.165) is 30.4 Å². The highest BCUT2D eigenvalue weighted by molar-refractivity contribution is 5.99. The van der Waals surface area contributed by atoms with E-state index in [1.807, 2.05) is 18.2 Å². The van der Waals surface area contributed by atoms with Crippen molar-refractivity contribution < 1.29 is 28.2 Å². The first kappa shape index (κ1) is 29.1. The molecule has 9 heteroatoms. The van der Waals surface area contributed by atoms with Gasteiger partial charge in [0.15, 0.2) is 11.5 Å². The van der Waals surface area contributed by atoms with Crippen molar-refractivity contribution in [3.63, 3.8) is 0 Å². The molecule has 2 unspecified atom stereocenters. The number of methoxy groups -OCH3 is 2. The molecule has 1 aliphatic carbocycles. The third-order valence-electron chi connectivity index (χ3n) is 8.19. The number of nitrogens with zero attached hydrogens (tertiary/aromatic N) is 2. The molecule has 1 N–H and O–H groups in total. The van der Waals surface area contributed by atoms with Crippen LogP contribution in [0.4, 0.5) is 9.18 Å². The van der Waals surface area contributed by atoms with Gasteiger partial charge in [-0.25, -0.2) is 9.18 Å². The number of fused-ring (bicyclic) bond motifs is 1. The number of benzene rings is 3. The van der Waals surface area contributed by atoms with Gasteiger partial charge in [-0.3, -0.25) is 14.5 Å². The van der Waals surface area contributed by atoms with E-state index in [-0.39, 0.29) is 42.7 Å². The van der Waals surface area contributed by atoms with Gasteiger partial charge in [-0.15, -0.1) is 0 Å². The number of halogens is 1. The van der Waals surface area contributed by atoms with E-state index in [9.17, 15) is 18.8 Å². The molecule has 8 nitrogen and oxygen atoms in total. The van der Waals surface area contributed by atoms with Crippen molar-refractivity contribution in [2.75, 3.05) is 20.8 Å². The average Bonchev–Trinajstić information content (AvgIpc) is 3.02. The third-order valence-corrected chi connectivity index (χ3v) is 8.19. The number of hydrogen-bond donors (Lipinski definition) is 1. The fourth-order valence-corrected chi connectivity index (χ4v) is 5.91. The first-order valence-electron chi connectivity index (χ1n) is 14.3. The molecule has 0 spiro atoms. The highest BCUT2D eigenvalue weighted by Gasteiger charge is 2.46. The Labute approximate surface area is 245 Å². The van der Waals surface area contributed by atoms with Crippen molar-refractivity contribution in [2.24, 2.45) is 5.92 Å². The summed E-state index contributed by atoms with van der Waals surface area (Å²) >= 11 is 0. The van der Waals surface area contributed by atoms with Crippen LogP contribution in [-0.2, 0) is 24.3 Å². The lowest BCUT2D eigenvalue weighted by molar-refractivity contribution is -0.141. The number of ether oxygens (including phenoxy) is 2. The lowest BCUT2D eigenvalue weighted by Gasteiger charge is -2.47. The summed E-state index contributed by atoms with van der Waals surface area (Å²) in [5.74, 6) is 0.240. The number of imide groups is 1. The Bertz CT molecular complexity index is 1440. The van der Waals surface area contributed by atoms with Crippen molar-refractivity contribution in [1.82, 2.24) is 15.1 Å². The molecule has 42 heavy (non-hydrogen) atoms. The lowest BCUT2D eigenvalue weighted by Crippen LogP contribution is -2.61. The van der Waals surface area contributed by atoms with Crippen molar-refractivity contribution in [2.45, 2.75) is 51.2 Å². The molecule has 2 fully saturated rings. The number of nitrogens with one attached hydrogen (secondary N) is 1. The Morgan fingerprint density at radius 3 is 2.36 bits per heavy atom. The van der Waals surface area contributed by atoms with Gasteiger partial charge in [-0.05, 0) is 60.7 Å². The number of rotatable bonds is 10. The molecule has 4 amide bonds. The quantitative estimate of drug-likeness (QED) is 0.354. The molecule has 1 aliphatic heterocycles. The summed E-state index contributed by atoms with van der Waals surface area (Å²) < 4.78 is 25.1. The van der Waals surface area contributed by atoms with E-state index < -0.39 is 6.03 Å². The maximum atomic E-state index is 14.5. The molecular formula is C33H36FN3O5. The predicted octanol–water partition coefficient (Wildman–Crippen LogP) is 5.34. The van der Waals surface area contributed by atoms with E-state index in [1.54, 1.807) is 61.6 Å². The molecular weight excluding hydrogens is 537 g/mol. The number of carbonyl (C=O) groups is 3. The van der Waals surface area contributed by atoms with Crippen molar-refractivity contribution in [3.05, 3.63) is 94.8 Å². The predicted molar refractivity (Wildman–Crippen MR) is 156 cm³/mol. The molecule has 5 rings (SSSR count). The van der Waals surface area contributed by atoms with Crippen LogP contribution in [-0.4, -0.2) is 54.5 Å². The number of hydrogen-bond acceptors (Lipinski definition) is 5. The SMILES string of the molecule is COc1ccc(CCNC(=O)c2ccc(CN3C(=O)C4CCCCC4N(Cc4ccccc4F)C3=O)cc2)cc1OC. The Morgan fingerprint density at radius 2 is 1.62 bits per heavy atom. The smallest absolute Gasteiger partial charge is 0.327 e. The van der Waals surface area contributed by atoms with Crippen LogP contribution in [0.5, 0.6) is 11.5 Å². The zero-order valence-electron chi connectivity index (χ0n) is 24.0. The van der Waals surface area contributed by atoms with Crippen molar-refractivity contribution in [1.29, 1.82) is 0 Å². The van der Waals surface area contributed by atoms with E-state index in [4.69, 9.17) is 9.47 Å². The maximum absolute atomic E-state index is 14.5. The molecule has 2 atom stereocenters. The molecule has 220 valence electrons. The average molecular weight is 574 g/mol. The van der Waals surface area contributed by atoms with E-state index in [0.29, 0.717) is 42.0 Å². The van der Waals surface area contributed by atoms with Crippen LogP contribution in [0, 0.1) is 11.7 Å². The van der Waals surface area contributed by atoms with Crippen LogP contribution >= 0.6 is 0 Å². The Balaban J connectivity index is 1.22. The highest BCUT2D eigenvalue weighted by Crippen LogP contribution is 2.36. The minimum atomic E-state index is -0.400. The summed E-state index contributed by atoms with van der Waals surface area (Å²) in [5, 5.41) is 2.93. The Hall–Kier alpha value is -4.40. The number of amides is 4. The highest BCUT2D eigenvalue weighted by atomic mass is 19.1. The van der Waals surface area contributed by atoms with Crippen LogP contribution in [0.3, 0.4) is 0 Å².